The van der Waals surface area contributed by atoms with Gasteiger partial charge in [0.15, 0.2) is 0 Å². The highest BCUT2D eigenvalue weighted by Gasteiger charge is 2.41. The van der Waals surface area contributed by atoms with Crippen LogP contribution in [0.25, 0.3) is 0 Å². The summed E-state index contributed by atoms with van der Waals surface area (Å²) in [6, 6.07) is 1.44. The standard InChI is InChI=1S/C12H17BrN4O/c13-8-5-15-17(6-8)11-3-9-1-2-10(4-11)16(9)7-12(14)18/h5-6,9-11H,1-4,7H2,(H2,14,18). The third-order valence-corrected chi connectivity index (χ3v) is 4.55. The molecule has 0 aliphatic carbocycles. The second-order valence-electron chi connectivity index (χ2n) is 5.29. The van der Waals surface area contributed by atoms with E-state index in [0.29, 0.717) is 24.7 Å². The van der Waals surface area contributed by atoms with Crippen LogP contribution in [-0.2, 0) is 4.79 Å². The molecular formula is C12H17BrN4O. The molecule has 2 N–H and O–H groups in total. The molecule has 3 heterocycles. The van der Waals surface area contributed by atoms with Crippen LogP contribution in [0.3, 0.4) is 0 Å². The first-order valence-corrected chi connectivity index (χ1v) is 7.16. The number of nitrogens with two attached hydrogens (primary N) is 1. The van der Waals surface area contributed by atoms with Crippen molar-refractivity contribution in [2.75, 3.05) is 6.54 Å². The molecule has 98 valence electrons. The highest BCUT2D eigenvalue weighted by atomic mass is 79.9. The maximum Gasteiger partial charge on any atom is 0.231 e. The molecule has 3 rings (SSSR count). The summed E-state index contributed by atoms with van der Waals surface area (Å²) in [7, 11) is 0. The van der Waals surface area contributed by atoms with Gasteiger partial charge in [0.25, 0.3) is 0 Å². The minimum Gasteiger partial charge on any atom is -0.369 e. The number of carbonyl (C=O) groups excluding carboxylic acids is 1. The van der Waals surface area contributed by atoms with Crippen LogP contribution in [0.2, 0.25) is 0 Å². The minimum atomic E-state index is -0.216. The molecule has 2 saturated heterocycles. The van der Waals surface area contributed by atoms with Crippen LogP contribution in [0.5, 0.6) is 0 Å². The van der Waals surface area contributed by atoms with Gasteiger partial charge in [-0.2, -0.15) is 5.10 Å². The Labute approximate surface area is 114 Å². The lowest BCUT2D eigenvalue weighted by Crippen LogP contribution is -2.47. The molecule has 2 fully saturated rings. The summed E-state index contributed by atoms with van der Waals surface area (Å²) in [6.45, 7) is 0.408. The zero-order valence-electron chi connectivity index (χ0n) is 10.1. The van der Waals surface area contributed by atoms with Gasteiger partial charge in [0.05, 0.1) is 23.3 Å². The minimum absolute atomic E-state index is 0.216. The van der Waals surface area contributed by atoms with Gasteiger partial charge in [-0.05, 0) is 41.6 Å². The van der Waals surface area contributed by atoms with Crippen LogP contribution in [0.1, 0.15) is 31.7 Å². The van der Waals surface area contributed by atoms with E-state index in [1.165, 1.54) is 12.8 Å². The Morgan fingerprint density at radius 1 is 1.39 bits per heavy atom. The molecule has 0 aromatic carbocycles. The predicted octanol–water partition coefficient (Wildman–Crippen LogP) is 1.30. The average Bonchev–Trinajstić information content (AvgIpc) is 2.81. The van der Waals surface area contributed by atoms with E-state index in [-0.39, 0.29) is 5.91 Å². The summed E-state index contributed by atoms with van der Waals surface area (Å²) in [6.07, 6.45) is 8.36. The van der Waals surface area contributed by atoms with Gasteiger partial charge in [-0.1, -0.05) is 0 Å². The van der Waals surface area contributed by atoms with Gasteiger partial charge in [-0.3, -0.25) is 14.4 Å². The Morgan fingerprint density at radius 3 is 2.56 bits per heavy atom. The number of rotatable bonds is 3. The normalized spacial score (nSPS) is 31.7. The largest absolute Gasteiger partial charge is 0.369 e. The van der Waals surface area contributed by atoms with Gasteiger partial charge in [0.2, 0.25) is 5.91 Å². The molecule has 0 saturated carbocycles. The second-order valence-corrected chi connectivity index (χ2v) is 6.20. The molecule has 5 nitrogen and oxygen atoms in total. The van der Waals surface area contributed by atoms with E-state index in [2.05, 4.69) is 30.6 Å². The van der Waals surface area contributed by atoms with E-state index in [9.17, 15) is 4.79 Å². The number of primary amides is 1. The number of carbonyl (C=O) groups is 1. The van der Waals surface area contributed by atoms with Crippen molar-refractivity contribution in [1.29, 1.82) is 0 Å². The summed E-state index contributed by atoms with van der Waals surface area (Å²) in [5.74, 6) is -0.216. The number of halogens is 1. The molecule has 6 heteroatoms. The number of amides is 1. The van der Waals surface area contributed by atoms with Crippen molar-refractivity contribution in [2.24, 2.45) is 5.73 Å². The first kappa shape index (κ1) is 12.2. The highest BCUT2D eigenvalue weighted by Crippen LogP contribution is 2.40. The smallest absolute Gasteiger partial charge is 0.231 e. The van der Waals surface area contributed by atoms with E-state index in [0.717, 1.165) is 17.3 Å². The Kier molecular flexibility index (Phi) is 3.15. The Hall–Kier alpha value is -0.880. The van der Waals surface area contributed by atoms with Gasteiger partial charge in [0.1, 0.15) is 0 Å². The van der Waals surface area contributed by atoms with Gasteiger partial charge in [-0.15, -0.1) is 0 Å². The lowest BCUT2D eigenvalue weighted by Gasteiger charge is -2.38. The van der Waals surface area contributed by atoms with Gasteiger partial charge in [-0.25, -0.2) is 0 Å². The average molecular weight is 313 g/mol. The zero-order chi connectivity index (χ0) is 12.7. The van der Waals surface area contributed by atoms with Crippen LogP contribution >= 0.6 is 15.9 Å². The molecule has 2 unspecified atom stereocenters. The van der Waals surface area contributed by atoms with Gasteiger partial charge < -0.3 is 5.73 Å². The van der Waals surface area contributed by atoms with E-state index in [4.69, 9.17) is 5.73 Å². The van der Waals surface area contributed by atoms with Gasteiger partial charge in [0, 0.05) is 18.3 Å². The summed E-state index contributed by atoms with van der Waals surface area (Å²) >= 11 is 3.43. The molecule has 0 radical (unpaired) electrons. The Balaban J connectivity index is 1.73. The van der Waals surface area contributed by atoms with Crippen molar-refractivity contribution in [2.45, 2.75) is 43.8 Å². The molecule has 2 atom stereocenters. The monoisotopic (exact) mass is 312 g/mol. The van der Waals surface area contributed by atoms with E-state index in [1.54, 1.807) is 0 Å². The molecule has 2 aliphatic heterocycles. The number of hydrogen-bond donors (Lipinski definition) is 1. The lowest BCUT2D eigenvalue weighted by molar-refractivity contribution is -0.120. The second kappa shape index (κ2) is 4.66. The molecular weight excluding hydrogens is 296 g/mol. The van der Waals surface area contributed by atoms with Crippen molar-refractivity contribution in [3.63, 3.8) is 0 Å². The van der Waals surface area contributed by atoms with E-state index >= 15 is 0 Å². The molecule has 1 aromatic rings. The first-order valence-electron chi connectivity index (χ1n) is 6.37. The van der Waals surface area contributed by atoms with Crippen molar-refractivity contribution < 1.29 is 4.79 Å². The van der Waals surface area contributed by atoms with Crippen LogP contribution < -0.4 is 5.73 Å². The molecule has 18 heavy (non-hydrogen) atoms. The Morgan fingerprint density at radius 2 is 2.06 bits per heavy atom. The van der Waals surface area contributed by atoms with Crippen molar-refractivity contribution >= 4 is 21.8 Å². The van der Waals surface area contributed by atoms with Crippen molar-refractivity contribution in [1.82, 2.24) is 14.7 Å². The quantitative estimate of drug-likeness (QED) is 0.915. The van der Waals surface area contributed by atoms with Crippen molar-refractivity contribution in [3.05, 3.63) is 16.9 Å². The zero-order valence-corrected chi connectivity index (χ0v) is 11.7. The lowest BCUT2D eigenvalue weighted by atomic mass is 9.97. The molecule has 1 amide bonds. The maximum absolute atomic E-state index is 11.1. The summed E-state index contributed by atoms with van der Waals surface area (Å²) in [5.41, 5.74) is 5.32. The van der Waals surface area contributed by atoms with Crippen LogP contribution in [-0.4, -0.2) is 39.2 Å². The summed E-state index contributed by atoms with van der Waals surface area (Å²) < 4.78 is 3.08. The highest BCUT2D eigenvalue weighted by molar-refractivity contribution is 9.10. The van der Waals surface area contributed by atoms with Crippen LogP contribution in [0.4, 0.5) is 0 Å². The Bertz CT molecular complexity index is 447. The maximum atomic E-state index is 11.1. The number of hydrogen-bond acceptors (Lipinski definition) is 3. The van der Waals surface area contributed by atoms with Crippen LogP contribution in [0.15, 0.2) is 16.9 Å². The molecule has 1 aromatic heterocycles. The summed E-state index contributed by atoms with van der Waals surface area (Å²) in [4.78, 5) is 13.4. The number of nitrogens with zero attached hydrogens (tertiary/aromatic N) is 3. The summed E-state index contributed by atoms with van der Waals surface area (Å²) in [5, 5.41) is 4.38. The molecule has 0 spiro atoms. The van der Waals surface area contributed by atoms with Crippen LogP contribution in [0, 0.1) is 0 Å². The number of aromatic nitrogens is 2. The fraction of sp³-hybridized carbons (Fsp3) is 0.667. The predicted molar refractivity (Wildman–Crippen MR) is 70.9 cm³/mol. The number of piperidine rings is 1. The fourth-order valence-corrected chi connectivity index (χ4v) is 3.72. The topological polar surface area (TPSA) is 64.2 Å². The van der Waals surface area contributed by atoms with E-state index in [1.807, 2.05) is 12.4 Å². The van der Waals surface area contributed by atoms with Gasteiger partial charge >= 0.3 is 0 Å². The van der Waals surface area contributed by atoms with Crippen molar-refractivity contribution in [3.8, 4) is 0 Å². The van der Waals surface area contributed by atoms with E-state index < -0.39 is 0 Å². The molecule has 2 bridgehead atoms. The number of fused-ring (bicyclic) bond motifs is 2. The first-order chi connectivity index (χ1) is 8.63. The fourth-order valence-electron chi connectivity index (χ4n) is 3.41. The molecule has 2 aliphatic rings. The third kappa shape index (κ3) is 2.19. The SMILES string of the molecule is NC(=O)CN1C2CCC1CC(n1cc(Br)cn1)C2. The third-order valence-electron chi connectivity index (χ3n) is 4.14.